The van der Waals surface area contributed by atoms with Crippen LogP contribution < -0.4 is 10.2 Å². The first-order valence-corrected chi connectivity index (χ1v) is 8.33. The molecule has 2 rings (SSSR count). The number of amides is 1. The number of anilines is 2. The van der Waals surface area contributed by atoms with Crippen LogP contribution in [-0.2, 0) is 4.79 Å². The third-order valence-corrected chi connectivity index (χ3v) is 4.45. The van der Waals surface area contributed by atoms with Gasteiger partial charge in [-0.15, -0.1) is 0 Å². The number of nitrogens with one attached hydrogen (secondary N) is 1. The van der Waals surface area contributed by atoms with E-state index < -0.39 is 4.92 Å². The van der Waals surface area contributed by atoms with E-state index in [1.54, 1.807) is 6.07 Å². The van der Waals surface area contributed by atoms with Crippen LogP contribution in [0.25, 0.3) is 0 Å². The van der Waals surface area contributed by atoms with Crippen molar-refractivity contribution >= 4 is 34.6 Å². The minimum absolute atomic E-state index is 0.0157. The van der Waals surface area contributed by atoms with Gasteiger partial charge in [0.05, 0.1) is 15.6 Å². The summed E-state index contributed by atoms with van der Waals surface area (Å²) in [4.78, 5) is 24.7. The number of piperidine rings is 1. The molecule has 6 nitrogen and oxygen atoms in total. The van der Waals surface area contributed by atoms with E-state index in [0.717, 1.165) is 32.4 Å². The molecular weight excluding hydrogens is 318 g/mol. The highest BCUT2D eigenvalue weighted by atomic mass is 35.5. The number of nitro benzene ring substituents is 1. The molecular formula is C16H22ClN3O3. The third-order valence-electron chi connectivity index (χ3n) is 4.14. The quantitative estimate of drug-likeness (QED) is 0.643. The van der Waals surface area contributed by atoms with Crippen molar-refractivity contribution in [3.8, 4) is 0 Å². The van der Waals surface area contributed by atoms with Gasteiger partial charge >= 0.3 is 0 Å². The zero-order chi connectivity index (χ0) is 17.0. The molecule has 23 heavy (non-hydrogen) atoms. The number of carbonyl (C=O) groups is 1. The summed E-state index contributed by atoms with van der Waals surface area (Å²) < 4.78 is 0. The molecule has 1 amide bonds. The van der Waals surface area contributed by atoms with E-state index in [0.29, 0.717) is 23.7 Å². The third kappa shape index (κ3) is 4.34. The van der Waals surface area contributed by atoms with Crippen LogP contribution in [0.3, 0.4) is 0 Å². The lowest BCUT2D eigenvalue weighted by atomic mass is 9.98. The van der Waals surface area contributed by atoms with Crippen molar-refractivity contribution in [2.45, 2.75) is 39.5 Å². The second kappa shape index (κ2) is 7.64. The minimum Gasteiger partial charge on any atom is -0.366 e. The molecule has 0 bridgehead atoms. The largest absolute Gasteiger partial charge is 0.366 e. The fourth-order valence-corrected chi connectivity index (χ4v) is 2.94. The maximum Gasteiger partial charge on any atom is 0.294 e. The van der Waals surface area contributed by atoms with Crippen LogP contribution in [0, 0.1) is 16.0 Å². The molecule has 1 aromatic carbocycles. The SMILES string of the molecule is CCCC(=O)Nc1cc(N2CCC(C)CC2)c([N+](=O)[O-])cc1Cl. The molecule has 1 aliphatic rings. The lowest BCUT2D eigenvalue weighted by Crippen LogP contribution is -2.33. The molecule has 1 fully saturated rings. The summed E-state index contributed by atoms with van der Waals surface area (Å²) in [7, 11) is 0. The average molecular weight is 340 g/mol. The van der Waals surface area contributed by atoms with Crippen molar-refractivity contribution in [3.63, 3.8) is 0 Å². The van der Waals surface area contributed by atoms with Gasteiger partial charge in [0.2, 0.25) is 5.91 Å². The molecule has 1 N–H and O–H groups in total. The average Bonchev–Trinajstić information content (AvgIpc) is 2.50. The predicted molar refractivity (Wildman–Crippen MR) is 92.3 cm³/mol. The monoisotopic (exact) mass is 339 g/mol. The van der Waals surface area contributed by atoms with Crippen molar-refractivity contribution in [3.05, 3.63) is 27.3 Å². The molecule has 1 aliphatic heterocycles. The smallest absolute Gasteiger partial charge is 0.294 e. The van der Waals surface area contributed by atoms with Crippen molar-refractivity contribution < 1.29 is 9.72 Å². The van der Waals surface area contributed by atoms with Crippen LogP contribution in [0.1, 0.15) is 39.5 Å². The van der Waals surface area contributed by atoms with E-state index in [1.165, 1.54) is 6.07 Å². The first kappa shape index (κ1) is 17.5. The lowest BCUT2D eigenvalue weighted by molar-refractivity contribution is -0.384. The maximum absolute atomic E-state index is 11.8. The molecule has 0 atom stereocenters. The molecule has 1 saturated heterocycles. The summed E-state index contributed by atoms with van der Waals surface area (Å²) >= 11 is 6.11. The van der Waals surface area contributed by atoms with E-state index in [4.69, 9.17) is 11.6 Å². The number of benzene rings is 1. The molecule has 0 unspecified atom stereocenters. The van der Waals surface area contributed by atoms with Crippen molar-refractivity contribution in [2.75, 3.05) is 23.3 Å². The van der Waals surface area contributed by atoms with Crippen LogP contribution in [0.4, 0.5) is 17.1 Å². The predicted octanol–water partition coefficient (Wildman–Crippen LogP) is 4.22. The van der Waals surface area contributed by atoms with E-state index in [9.17, 15) is 14.9 Å². The van der Waals surface area contributed by atoms with Gasteiger partial charge in [-0.05, 0) is 31.2 Å². The molecule has 0 saturated carbocycles. The number of rotatable bonds is 5. The van der Waals surface area contributed by atoms with E-state index in [2.05, 4.69) is 12.2 Å². The summed E-state index contributed by atoms with van der Waals surface area (Å²) in [5, 5.41) is 14.3. The highest BCUT2D eigenvalue weighted by molar-refractivity contribution is 6.34. The Kier molecular flexibility index (Phi) is 5.82. The number of carbonyl (C=O) groups excluding carboxylic acids is 1. The van der Waals surface area contributed by atoms with E-state index in [1.807, 2.05) is 11.8 Å². The summed E-state index contributed by atoms with van der Waals surface area (Å²) in [6.45, 7) is 5.64. The maximum atomic E-state index is 11.8. The van der Waals surface area contributed by atoms with Gasteiger partial charge in [0.1, 0.15) is 5.69 Å². The Balaban J connectivity index is 2.33. The van der Waals surface area contributed by atoms with Gasteiger partial charge in [0.25, 0.3) is 5.69 Å². The Hall–Kier alpha value is -1.82. The Morgan fingerprint density at radius 1 is 1.43 bits per heavy atom. The van der Waals surface area contributed by atoms with E-state index in [-0.39, 0.29) is 16.6 Å². The first-order chi connectivity index (χ1) is 10.9. The number of hydrogen-bond acceptors (Lipinski definition) is 4. The molecule has 0 radical (unpaired) electrons. The topological polar surface area (TPSA) is 75.5 Å². The fraction of sp³-hybridized carbons (Fsp3) is 0.562. The Labute approximate surface area is 141 Å². The zero-order valence-corrected chi connectivity index (χ0v) is 14.2. The van der Waals surface area contributed by atoms with Crippen molar-refractivity contribution in [2.24, 2.45) is 5.92 Å². The molecule has 0 spiro atoms. The molecule has 126 valence electrons. The normalized spacial score (nSPS) is 15.5. The van der Waals surface area contributed by atoms with Crippen molar-refractivity contribution in [1.82, 2.24) is 0 Å². The van der Waals surface area contributed by atoms with Crippen molar-refractivity contribution in [1.29, 1.82) is 0 Å². The molecule has 1 heterocycles. The van der Waals surface area contributed by atoms with Gasteiger partial charge in [-0.3, -0.25) is 14.9 Å². The van der Waals surface area contributed by atoms with Crippen LogP contribution in [0.15, 0.2) is 12.1 Å². The summed E-state index contributed by atoms with van der Waals surface area (Å²) in [6, 6.07) is 2.96. The highest BCUT2D eigenvalue weighted by Gasteiger charge is 2.25. The zero-order valence-electron chi connectivity index (χ0n) is 13.5. The van der Waals surface area contributed by atoms with Gasteiger partial charge in [0, 0.05) is 25.6 Å². The Bertz CT molecular complexity index is 598. The fourth-order valence-electron chi connectivity index (χ4n) is 2.74. The number of halogens is 1. The van der Waals surface area contributed by atoms with Gasteiger partial charge < -0.3 is 10.2 Å². The highest BCUT2D eigenvalue weighted by Crippen LogP contribution is 2.38. The molecule has 1 aromatic rings. The van der Waals surface area contributed by atoms with E-state index >= 15 is 0 Å². The molecule has 0 aromatic heterocycles. The van der Waals surface area contributed by atoms with Crippen LogP contribution >= 0.6 is 11.6 Å². The Morgan fingerprint density at radius 2 is 2.09 bits per heavy atom. The lowest BCUT2D eigenvalue weighted by Gasteiger charge is -2.32. The molecule has 0 aliphatic carbocycles. The standard InChI is InChI=1S/C16H22ClN3O3/c1-3-4-16(21)18-13-10-14(15(20(22)23)9-12(13)17)19-7-5-11(2)6-8-19/h9-11H,3-8H2,1-2H3,(H,18,21). The van der Waals surface area contributed by atoms with Crippen LogP contribution in [0.5, 0.6) is 0 Å². The molecule has 7 heteroatoms. The Morgan fingerprint density at radius 3 is 2.65 bits per heavy atom. The number of hydrogen-bond donors (Lipinski definition) is 1. The summed E-state index contributed by atoms with van der Waals surface area (Å²) in [5.74, 6) is 0.489. The van der Waals surface area contributed by atoms with Gasteiger partial charge in [-0.2, -0.15) is 0 Å². The van der Waals surface area contributed by atoms with Crippen LogP contribution in [-0.4, -0.2) is 23.9 Å². The van der Waals surface area contributed by atoms with Gasteiger partial charge in [-0.25, -0.2) is 0 Å². The summed E-state index contributed by atoms with van der Waals surface area (Å²) in [5.41, 5.74) is 0.945. The second-order valence-electron chi connectivity index (χ2n) is 6.05. The minimum atomic E-state index is -0.420. The second-order valence-corrected chi connectivity index (χ2v) is 6.45. The number of nitrogens with zero attached hydrogens (tertiary/aromatic N) is 2. The van der Waals surface area contributed by atoms with Gasteiger partial charge in [-0.1, -0.05) is 25.4 Å². The summed E-state index contributed by atoms with van der Waals surface area (Å²) in [6.07, 6.45) is 3.12. The van der Waals surface area contributed by atoms with Gasteiger partial charge in [0.15, 0.2) is 0 Å². The first-order valence-electron chi connectivity index (χ1n) is 7.95. The number of nitro groups is 1. The van der Waals surface area contributed by atoms with Crippen LogP contribution in [0.2, 0.25) is 5.02 Å².